The second-order valence-electron chi connectivity index (χ2n) is 3.74. The lowest BCUT2D eigenvalue weighted by Gasteiger charge is -2.07. The quantitative estimate of drug-likeness (QED) is 0.522. The number of hydrogen-bond acceptors (Lipinski definition) is 3. The molecule has 3 N–H and O–H groups in total. The normalized spacial score (nSPS) is 9.16. The Morgan fingerprint density at radius 1 is 1.21 bits per heavy atom. The summed E-state index contributed by atoms with van der Waals surface area (Å²) in [4.78, 5) is 22.6. The van der Waals surface area contributed by atoms with Gasteiger partial charge in [0.05, 0.1) is 5.56 Å². The number of carbonyl (C=O) groups is 2. The minimum atomic E-state index is -0.256. The number of rotatable bonds is 4. The molecule has 0 atom stereocenters. The monoisotopic (exact) mass is 260 g/mol. The largest absolute Gasteiger partial charge is 0.384 e. The zero-order valence-electron chi connectivity index (χ0n) is 10.7. The Morgan fingerprint density at radius 2 is 1.89 bits per heavy atom. The first-order chi connectivity index (χ1) is 9.15. The van der Waals surface area contributed by atoms with Crippen molar-refractivity contribution in [1.82, 2.24) is 10.6 Å². The maximum absolute atomic E-state index is 11.9. The van der Waals surface area contributed by atoms with E-state index in [1.54, 1.807) is 24.3 Å². The van der Waals surface area contributed by atoms with Gasteiger partial charge in [-0.1, -0.05) is 24.0 Å². The van der Waals surface area contributed by atoms with E-state index in [0.717, 1.165) is 0 Å². The molecule has 1 aromatic carbocycles. The van der Waals surface area contributed by atoms with Crippen LogP contribution in [0.15, 0.2) is 24.3 Å². The van der Waals surface area contributed by atoms with Gasteiger partial charge < -0.3 is 15.7 Å². The molecule has 0 aliphatic rings. The molecule has 5 nitrogen and oxygen atoms in total. The molecular weight excluding hydrogens is 244 g/mol. The third kappa shape index (κ3) is 5.23. The molecule has 0 aliphatic heterocycles. The average molecular weight is 260 g/mol. The van der Waals surface area contributed by atoms with Crippen LogP contribution in [0.2, 0.25) is 0 Å². The molecule has 2 amide bonds. The lowest BCUT2D eigenvalue weighted by molar-refractivity contribution is -0.118. The summed E-state index contributed by atoms with van der Waals surface area (Å²) in [7, 11) is 0. The number of aliphatic hydroxyl groups is 1. The van der Waals surface area contributed by atoms with Crippen LogP contribution in [0.1, 0.15) is 22.8 Å². The van der Waals surface area contributed by atoms with Gasteiger partial charge in [0.25, 0.3) is 5.91 Å². The molecule has 0 unspecified atom stereocenters. The van der Waals surface area contributed by atoms with Crippen LogP contribution in [0.25, 0.3) is 0 Å². The van der Waals surface area contributed by atoms with E-state index in [4.69, 9.17) is 5.11 Å². The van der Waals surface area contributed by atoms with Crippen LogP contribution in [0.3, 0.4) is 0 Å². The highest BCUT2D eigenvalue weighted by Crippen LogP contribution is 2.06. The highest BCUT2D eigenvalue weighted by molar-refractivity contribution is 5.96. The minimum absolute atomic E-state index is 0.136. The van der Waals surface area contributed by atoms with Crippen molar-refractivity contribution in [2.45, 2.75) is 6.92 Å². The van der Waals surface area contributed by atoms with Crippen LogP contribution in [-0.2, 0) is 4.79 Å². The van der Waals surface area contributed by atoms with Crippen LogP contribution in [-0.4, -0.2) is 36.6 Å². The van der Waals surface area contributed by atoms with Crippen molar-refractivity contribution in [2.24, 2.45) is 0 Å². The molecular formula is C14H16N2O3. The van der Waals surface area contributed by atoms with Gasteiger partial charge in [0.1, 0.15) is 6.61 Å². The summed E-state index contributed by atoms with van der Waals surface area (Å²) in [5, 5.41) is 13.9. The third-order valence-electron chi connectivity index (χ3n) is 2.26. The van der Waals surface area contributed by atoms with Gasteiger partial charge >= 0.3 is 0 Å². The highest BCUT2D eigenvalue weighted by Gasteiger charge is 2.08. The van der Waals surface area contributed by atoms with E-state index in [-0.39, 0.29) is 18.4 Å². The molecule has 1 aromatic rings. The molecule has 0 aliphatic carbocycles. The summed E-state index contributed by atoms with van der Waals surface area (Å²) >= 11 is 0. The molecule has 0 saturated heterocycles. The maximum Gasteiger partial charge on any atom is 0.252 e. The summed E-state index contributed by atoms with van der Waals surface area (Å²) < 4.78 is 0. The summed E-state index contributed by atoms with van der Waals surface area (Å²) in [6.45, 7) is 1.89. The van der Waals surface area contributed by atoms with Crippen LogP contribution < -0.4 is 10.6 Å². The van der Waals surface area contributed by atoms with Crippen molar-refractivity contribution >= 4 is 11.8 Å². The van der Waals surface area contributed by atoms with E-state index in [0.29, 0.717) is 24.2 Å². The Bertz CT molecular complexity index is 515. The summed E-state index contributed by atoms with van der Waals surface area (Å²) in [6.07, 6.45) is 0. The number of carbonyl (C=O) groups excluding carboxylic acids is 2. The van der Waals surface area contributed by atoms with E-state index in [1.165, 1.54) is 6.92 Å². The van der Waals surface area contributed by atoms with Gasteiger partial charge in [-0.15, -0.1) is 0 Å². The van der Waals surface area contributed by atoms with E-state index in [9.17, 15) is 9.59 Å². The Kier molecular flexibility index (Phi) is 6.13. The standard InChI is InChI=1S/C14H16N2O3/c1-11(18)15-8-9-16-14(19)13-7-3-2-5-12(13)6-4-10-17/h2-3,5,7,17H,8-10H2,1H3,(H,15,18)(H,16,19). The van der Waals surface area contributed by atoms with Crippen molar-refractivity contribution in [1.29, 1.82) is 0 Å². The van der Waals surface area contributed by atoms with Crippen molar-refractivity contribution in [3.8, 4) is 11.8 Å². The maximum atomic E-state index is 11.9. The zero-order valence-corrected chi connectivity index (χ0v) is 10.7. The van der Waals surface area contributed by atoms with Gasteiger partial charge in [-0.3, -0.25) is 9.59 Å². The molecule has 0 aromatic heterocycles. The van der Waals surface area contributed by atoms with Crippen molar-refractivity contribution in [2.75, 3.05) is 19.7 Å². The molecule has 0 saturated carbocycles. The van der Waals surface area contributed by atoms with Gasteiger partial charge in [-0.2, -0.15) is 0 Å². The van der Waals surface area contributed by atoms with Crippen LogP contribution in [0, 0.1) is 11.8 Å². The third-order valence-corrected chi connectivity index (χ3v) is 2.26. The smallest absolute Gasteiger partial charge is 0.252 e. The molecule has 19 heavy (non-hydrogen) atoms. The molecule has 0 bridgehead atoms. The highest BCUT2D eigenvalue weighted by atomic mass is 16.2. The van der Waals surface area contributed by atoms with Gasteiger partial charge in [0, 0.05) is 25.6 Å². The Labute approximate surface area is 112 Å². The predicted molar refractivity (Wildman–Crippen MR) is 71.4 cm³/mol. The zero-order chi connectivity index (χ0) is 14.1. The Hall–Kier alpha value is -2.32. The first-order valence-corrected chi connectivity index (χ1v) is 5.86. The molecule has 0 fully saturated rings. The number of amides is 2. The lowest BCUT2D eigenvalue weighted by atomic mass is 10.1. The first kappa shape index (κ1) is 14.7. The van der Waals surface area contributed by atoms with Crippen LogP contribution in [0.4, 0.5) is 0 Å². The minimum Gasteiger partial charge on any atom is -0.384 e. The van der Waals surface area contributed by atoms with E-state index in [1.807, 2.05) is 0 Å². The summed E-state index contributed by atoms with van der Waals surface area (Å²) in [5.74, 6) is 4.84. The number of benzene rings is 1. The Morgan fingerprint density at radius 3 is 2.58 bits per heavy atom. The SMILES string of the molecule is CC(=O)NCCNC(=O)c1ccccc1C#CCO. The average Bonchev–Trinajstić information content (AvgIpc) is 2.41. The topological polar surface area (TPSA) is 78.4 Å². The van der Waals surface area contributed by atoms with Crippen LogP contribution >= 0.6 is 0 Å². The van der Waals surface area contributed by atoms with E-state index < -0.39 is 0 Å². The van der Waals surface area contributed by atoms with Gasteiger partial charge in [-0.05, 0) is 12.1 Å². The Balaban J connectivity index is 2.63. The molecule has 100 valence electrons. The fourth-order valence-electron chi connectivity index (χ4n) is 1.43. The second kappa shape index (κ2) is 7.90. The van der Waals surface area contributed by atoms with Gasteiger partial charge in [-0.25, -0.2) is 0 Å². The second-order valence-corrected chi connectivity index (χ2v) is 3.74. The van der Waals surface area contributed by atoms with E-state index in [2.05, 4.69) is 22.5 Å². The molecule has 1 rings (SSSR count). The van der Waals surface area contributed by atoms with Gasteiger partial charge in [0.15, 0.2) is 0 Å². The summed E-state index contributed by atoms with van der Waals surface area (Å²) in [6, 6.07) is 6.89. The fraction of sp³-hybridized carbons (Fsp3) is 0.286. The molecule has 0 radical (unpaired) electrons. The fourth-order valence-corrected chi connectivity index (χ4v) is 1.43. The number of hydrogen-bond donors (Lipinski definition) is 3. The van der Waals surface area contributed by atoms with E-state index >= 15 is 0 Å². The van der Waals surface area contributed by atoms with Crippen molar-refractivity contribution in [3.63, 3.8) is 0 Å². The molecule has 5 heteroatoms. The first-order valence-electron chi connectivity index (χ1n) is 5.86. The predicted octanol–water partition coefficient (Wildman–Crippen LogP) is -0.104. The van der Waals surface area contributed by atoms with Crippen molar-refractivity contribution < 1.29 is 14.7 Å². The lowest BCUT2D eigenvalue weighted by Crippen LogP contribution is -2.33. The summed E-state index contributed by atoms with van der Waals surface area (Å²) in [5.41, 5.74) is 1.01. The molecule has 0 spiro atoms. The van der Waals surface area contributed by atoms with Crippen LogP contribution in [0.5, 0.6) is 0 Å². The molecule has 0 heterocycles. The van der Waals surface area contributed by atoms with Gasteiger partial charge in [0.2, 0.25) is 5.91 Å². The van der Waals surface area contributed by atoms with Crippen molar-refractivity contribution in [3.05, 3.63) is 35.4 Å². The number of nitrogens with one attached hydrogen (secondary N) is 2. The number of aliphatic hydroxyl groups excluding tert-OH is 1.